The number of nitrogens with one attached hydrogen (secondary N) is 1. The quantitative estimate of drug-likeness (QED) is 0.888. The van der Waals surface area contributed by atoms with E-state index in [1.807, 2.05) is 12.1 Å². The number of pyridine rings is 1. The van der Waals surface area contributed by atoms with Crippen LogP contribution in [0.4, 0.5) is 11.4 Å². The van der Waals surface area contributed by atoms with E-state index in [1.165, 1.54) is 12.8 Å². The first-order valence-electron chi connectivity index (χ1n) is 8.85. The summed E-state index contributed by atoms with van der Waals surface area (Å²) in [6.45, 7) is 4.28. The molecule has 1 amide bonds. The normalized spacial score (nSPS) is 16.9. The van der Waals surface area contributed by atoms with Gasteiger partial charge < -0.3 is 19.7 Å². The van der Waals surface area contributed by atoms with Gasteiger partial charge in [0.15, 0.2) is 0 Å². The van der Waals surface area contributed by atoms with Crippen molar-refractivity contribution in [3.05, 3.63) is 42.2 Å². The van der Waals surface area contributed by atoms with E-state index in [9.17, 15) is 4.79 Å². The average Bonchev–Trinajstić information content (AvgIpc) is 2.68. The highest BCUT2D eigenvalue weighted by atomic mass is 16.5. The van der Waals surface area contributed by atoms with E-state index < -0.39 is 0 Å². The van der Waals surface area contributed by atoms with E-state index >= 15 is 0 Å². The third kappa shape index (κ3) is 4.07. The van der Waals surface area contributed by atoms with Crippen molar-refractivity contribution in [1.29, 1.82) is 0 Å². The number of ether oxygens (including phenoxy) is 2. The first kappa shape index (κ1) is 18.0. The highest BCUT2D eigenvalue weighted by molar-refractivity contribution is 6.04. The summed E-state index contributed by atoms with van der Waals surface area (Å²) >= 11 is 0. The molecule has 0 aliphatic carbocycles. The number of aromatic nitrogens is 1. The SMILES string of the molecule is COc1ccc(OC)c(NC(=O)c2cc(N3CCCC(C)C3)ccn2)c1. The highest BCUT2D eigenvalue weighted by Crippen LogP contribution is 2.29. The number of hydrogen-bond acceptors (Lipinski definition) is 5. The molecule has 0 saturated carbocycles. The minimum absolute atomic E-state index is 0.275. The number of carbonyl (C=O) groups excluding carboxylic acids is 1. The molecule has 6 nitrogen and oxygen atoms in total. The van der Waals surface area contributed by atoms with Crippen LogP contribution < -0.4 is 19.7 Å². The van der Waals surface area contributed by atoms with E-state index in [-0.39, 0.29) is 5.91 Å². The van der Waals surface area contributed by atoms with Crippen molar-refractivity contribution in [1.82, 2.24) is 4.98 Å². The number of amides is 1. The molecular weight excluding hydrogens is 330 g/mol. The number of rotatable bonds is 5. The number of anilines is 2. The van der Waals surface area contributed by atoms with Gasteiger partial charge in [-0.15, -0.1) is 0 Å². The Kier molecular flexibility index (Phi) is 5.61. The van der Waals surface area contributed by atoms with Crippen LogP contribution in [-0.2, 0) is 0 Å². The fraction of sp³-hybridized carbons (Fsp3) is 0.400. The highest BCUT2D eigenvalue weighted by Gasteiger charge is 2.18. The summed E-state index contributed by atoms with van der Waals surface area (Å²) in [4.78, 5) is 19.2. The minimum Gasteiger partial charge on any atom is -0.497 e. The molecule has 1 N–H and O–H groups in total. The predicted molar refractivity (Wildman–Crippen MR) is 102 cm³/mol. The molecule has 2 aromatic rings. The smallest absolute Gasteiger partial charge is 0.274 e. The minimum atomic E-state index is -0.275. The Hall–Kier alpha value is -2.76. The Bertz CT molecular complexity index is 779. The molecule has 26 heavy (non-hydrogen) atoms. The average molecular weight is 355 g/mol. The summed E-state index contributed by atoms with van der Waals surface area (Å²) in [6, 6.07) is 9.08. The first-order chi connectivity index (χ1) is 12.6. The van der Waals surface area contributed by atoms with Crippen LogP contribution in [0, 0.1) is 5.92 Å². The Morgan fingerprint density at radius 3 is 2.81 bits per heavy atom. The van der Waals surface area contributed by atoms with Gasteiger partial charge in [0, 0.05) is 31.0 Å². The van der Waals surface area contributed by atoms with Crippen molar-refractivity contribution in [2.45, 2.75) is 19.8 Å². The molecule has 1 aromatic heterocycles. The van der Waals surface area contributed by atoms with Crippen LogP contribution in [0.3, 0.4) is 0 Å². The fourth-order valence-electron chi connectivity index (χ4n) is 3.26. The van der Waals surface area contributed by atoms with E-state index in [0.717, 1.165) is 18.8 Å². The van der Waals surface area contributed by atoms with E-state index in [0.29, 0.717) is 28.8 Å². The van der Waals surface area contributed by atoms with Crippen LogP contribution in [0.5, 0.6) is 11.5 Å². The van der Waals surface area contributed by atoms with Crippen molar-refractivity contribution in [3.63, 3.8) is 0 Å². The molecule has 1 saturated heterocycles. The maximum atomic E-state index is 12.7. The van der Waals surface area contributed by atoms with Gasteiger partial charge in [-0.1, -0.05) is 6.92 Å². The lowest BCUT2D eigenvalue weighted by Crippen LogP contribution is -2.34. The van der Waals surface area contributed by atoms with Crippen LogP contribution in [0.15, 0.2) is 36.5 Å². The molecule has 6 heteroatoms. The molecule has 1 unspecified atom stereocenters. The molecule has 1 aromatic carbocycles. The number of carbonyl (C=O) groups is 1. The Balaban J connectivity index is 1.79. The molecule has 0 bridgehead atoms. The van der Waals surface area contributed by atoms with Crippen LogP contribution in [-0.4, -0.2) is 38.2 Å². The zero-order valence-electron chi connectivity index (χ0n) is 15.5. The monoisotopic (exact) mass is 355 g/mol. The van der Waals surface area contributed by atoms with Crippen molar-refractivity contribution in [3.8, 4) is 11.5 Å². The summed E-state index contributed by atoms with van der Waals surface area (Å²) in [6.07, 6.45) is 4.11. The standard InChI is InChI=1S/C20H25N3O3/c1-14-5-4-10-23(13-14)15-8-9-21-18(11-15)20(24)22-17-12-16(25-2)6-7-19(17)26-3/h6-9,11-12,14H,4-5,10,13H2,1-3H3,(H,22,24). The maximum Gasteiger partial charge on any atom is 0.274 e. The second kappa shape index (κ2) is 8.08. The number of hydrogen-bond donors (Lipinski definition) is 1. The van der Waals surface area contributed by atoms with Crippen LogP contribution in [0.25, 0.3) is 0 Å². The molecule has 0 spiro atoms. The predicted octanol–water partition coefficient (Wildman–Crippen LogP) is 3.59. The summed E-state index contributed by atoms with van der Waals surface area (Å²) in [5.41, 5.74) is 1.97. The van der Waals surface area contributed by atoms with Gasteiger partial charge in [0.1, 0.15) is 17.2 Å². The van der Waals surface area contributed by atoms with Crippen molar-refractivity contribution in [2.75, 3.05) is 37.5 Å². The second-order valence-electron chi connectivity index (χ2n) is 6.61. The lowest BCUT2D eigenvalue weighted by atomic mass is 10.00. The van der Waals surface area contributed by atoms with Crippen LogP contribution in [0.2, 0.25) is 0 Å². The molecule has 0 radical (unpaired) electrons. The van der Waals surface area contributed by atoms with Crippen LogP contribution in [0.1, 0.15) is 30.3 Å². The largest absolute Gasteiger partial charge is 0.497 e. The third-order valence-electron chi connectivity index (χ3n) is 4.65. The lowest BCUT2D eigenvalue weighted by molar-refractivity contribution is 0.102. The molecular formula is C20H25N3O3. The van der Waals surface area contributed by atoms with Gasteiger partial charge in [0.2, 0.25) is 0 Å². The van der Waals surface area contributed by atoms with Gasteiger partial charge in [-0.25, -0.2) is 0 Å². The maximum absolute atomic E-state index is 12.7. The topological polar surface area (TPSA) is 63.7 Å². The number of nitrogens with zero attached hydrogens (tertiary/aromatic N) is 2. The zero-order valence-corrected chi connectivity index (χ0v) is 15.5. The van der Waals surface area contributed by atoms with Crippen LogP contribution >= 0.6 is 0 Å². The van der Waals surface area contributed by atoms with Gasteiger partial charge in [0.05, 0.1) is 19.9 Å². The van der Waals surface area contributed by atoms with E-state index in [1.54, 1.807) is 38.6 Å². The number of benzene rings is 1. The third-order valence-corrected chi connectivity index (χ3v) is 4.65. The molecule has 1 aliphatic rings. The van der Waals surface area contributed by atoms with Crippen molar-refractivity contribution >= 4 is 17.3 Å². The van der Waals surface area contributed by atoms with Gasteiger partial charge in [-0.3, -0.25) is 9.78 Å². The summed E-state index contributed by atoms with van der Waals surface area (Å²) in [5.74, 6) is 1.60. The van der Waals surface area contributed by atoms with Crippen molar-refractivity contribution < 1.29 is 14.3 Å². The second-order valence-corrected chi connectivity index (χ2v) is 6.61. The molecule has 1 aliphatic heterocycles. The lowest BCUT2D eigenvalue weighted by Gasteiger charge is -2.32. The van der Waals surface area contributed by atoms with E-state index in [4.69, 9.17) is 9.47 Å². The fourth-order valence-corrected chi connectivity index (χ4v) is 3.26. The summed E-state index contributed by atoms with van der Waals surface area (Å²) < 4.78 is 10.5. The number of methoxy groups -OCH3 is 2. The molecule has 138 valence electrons. The van der Waals surface area contributed by atoms with Crippen molar-refractivity contribution in [2.24, 2.45) is 5.92 Å². The van der Waals surface area contributed by atoms with Gasteiger partial charge >= 0.3 is 0 Å². The van der Waals surface area contributed by atoms with Gasteiger partial charge in [-0.2, -0.15) is 0 Å². The molecule has 1 fully saturated rings. The van der Waals surface area contributed by atoms with E-state index in [2.05, 4.69) is 22.1 Å². The van der Waals surface area contributed by atoms with Gasteiger partial charge in [0.25, 0.3) is 5.91 Å². The Morgan fingerprint density at radius 2 is 2.08 bits per heavy atom. The Morgan fingerprint density at radius 1 is 1.23 bits per heavy atom. The number of piperidine rings is 1. The molecule has 2 heterocycles. The molecule has 1 atom stereocenters. The summed E-state index contributed by atoms with van der Waals surface area (Å²) in [5, 5.41) is 2.87. The molecule has 3 rings (SSSR count). The Labute approximate surface area is 154 Å². The van der Waals surface area contributed by atoms with Gasteiger partial charge in [-0.05, 0) is 43.0 Å². The summed E-state index contributed by atoms with van der Waals surface area (Å²) in [7, 11) is 3.14. The first-order valence-corrected chi connectivity index (χ1v) is 8.85. The zero-order chi connectivity index (χ0) is 18.5.